The summed E-state index contributed by atoms with van der Waals surface area (Å²) in [6.45, 7) is 4.61. The van der Waals surface area contributed by atoms with E-state index in [0.29, 0.717) is 0 Å². The summed E-state index contributed by atoms with van der Waals surface area (Å²) in [6, 6.07) is 15.9. The highest BCUT2D eigenvalue weighted by molar-refractivity contribution is 5.96. The maximum absolute atomic E-state index is 4.36. The van der Waals surface area contributed by atoms with E-state index in [4.69, 9.17) is 0 Å². The third kappa shape index (κ3) is 3.47. The molecule has 2 N–H and O–H groups in total. The highest BCUT2D eigenvalue weighted by Gasteiger charge is 2.32. The zero-order valence-electron chi connectivity index (χ0n) is 16.5. The third-order valence-corrected chi connectivity index (χ3v) is 6.73. The van der Waals surface area contributed by atoms with E-state index in [2.05, 4.69) is 62.9 Å². The van der Waals surface area contributed by atoms with Crippen LogP contribution in [0.3, 0.4) is 0 Å². The Hall–Kier alpha value is -2.17. The molecule has 0 spiro atoms. The van der Waals surface area contributed by atoms with Crippen molar-refractivity contribution in [2.45, 2.75) is 44.7 Å². The number of nitrogens with zero attached hydrogens (tertiary/aromatic N) is 2. The molecule has 0 unspecified atom stereocenters. The van der Waals surface area contributed by atoms with Crippen LogP contribution >= 0.6 is 0 Å². The molecule has 146 valence electrons. The highest BCUT2D eigenvalue weighted by atomic mass is 15.2. The van der Waals surface area contributed by atoms with E-state index < -0.39 is 0 Å². The summed E-state index contributed by atoms with van der Waals surface area (Å²) in [5.41, 5.74) is 3.64. The van der Waals surface area contributed by atoms with Gasteiger partial charge in [0.25, 0.3) is 0 Å². The highest BCUT2D eigenvalue weighted by Crippen LogP contribution is 2.31. The number of fused-ring (bicyclic) bond motifs is 2. The summed E-state index contributed by atoms with van der Waals surface area (Å²) < 4.78 is 0. The number of hydrogen-bond acceptors (Lipinski definition) is 3. The fourth-order valence-corrected chi connectivity index (χ4v) is 5.33. The molecule has 2 aliphatic rings. The van der Waals surface area contributed by atoms with Gasteiger partial charge in [-0.05, 0) is 62.0 Å². The fourth-order valence-electron chi connectivity index (χ4n) is 5.33. The quantitative estimate of drug-likeness (QED) is 0.687. The van der Waals surface area contributed by atoms with Crippen molar-refractivity contribution >= 4 is 10.8 Å². The minimum atomic E-state index is 0.793. The van der Waals surface area contributed by atoms with E-state index in [1.54, 1.807) is 0 Å². The van der Waals surface area contributed by atoms with Crippen LogP contribution in [-0.4, -0.2) is 40.8 Å². The van der Waals surface area contributed by atoms with Crippen molar-refractivity contribution in [3.8, 4) is 11.3 Å². The molecular weight excluding hydrogens is 344 g/mol. The molecule has 2 atom stereocenters. The largest absolute Gasteiger partial charge is 0.312 e. The topological polar surface area (TPSA) is 44.0 Å². The summed E-state index contributed by atoms with van der Waals surface area (Å²) >= 11 is 0. The first-order valence-corrected chi connectivity index (χ1v) is 10.9. The molecule has 3 heterocycles. The Morgan fingerprint density at radius 3 is 2.89 bits per heavy atom. The van der Waals surface area contributed by atoms with Crippen LogP contribution in [0.15, 0.2) is 48.7 Å². The predicted molar refractivity (Wildman–Crippen MR) is 115 cm³/mol. The van der Waals surface area contributed by atoms with Crippen LogP contribution in [0, 0.1) is 5.92 Å². The van der Waals surface area contributed by atoms with E-state index >= 15 is 0 Å². The molecule has 0 saturated carbocycles. The van der Waals surface area contributed by atoms with Gasteiger partial charge >= 0.3 is 0 Å². The Kier molecular flexibility index (Phi) is 5.15. The summed E-state index contributed by atoms with van der Waals surface area (Å²) in [7, 11) is 0. The molecule has 28 heavy (non-hydrogen) atoms. The molecule has 4 nitrogen and oxygen atoms in total. The smallest absolute Gasteiger partial charge is 0.0701 e. The molecule has 4 heteroatoms. The molecule has 0 radical (unpaired) electrons. The Bertz CT molecular complexity index is 924. The van der Waals surface area contributed by atoms with Gasteiger partial charge in [-0.25, -0.2) is 0 Å². The number of H-pyrrole nitrogens is 1. The first-order valence-electron chi connectivity index (χ1n) is 10.9. The second-order valence-corrected chi connectivity index (χ2v) is 8.43. The maximum atomic E-state index is 4.36. The molecule has 0 aliphatic carbocycles. The lowest BCUT2D eigenvalue weighted by Crippen LogP contribution is -2.50. The van der Waals surface area contributed by atoms with Crippen LogP contribution in [0.2, 0.25) is 0 Å². The summed E-state index contributed by atoms with van der Waals surface area (Å²) in [4.78, 5) is 2.75. The van der Waals surface area contributed by atoms with Crippen LogP contribution < -0.4 is 5.32 Å². The summed E-state index contributed by atoms with van der Waals surface area (Å²) in [6.07, 6.45) is 8.90. The van der Waals surface area contributed by atoms with Crippen LogP contribution in [-0.2, 0) is 6.54 Å². The van der Waals surface area contributed by atoms with E-state index in [9.17, 15) is 0 Å². The number of rotatable bonds is 5. The SMILES string of the molecule is c1ccc2c(-c3[nH]ncc3CNC[C@@H]3CCCN4CCCC[C@H]34)cccc2c1. The Labute approximate surface area is 167 Å². The first-order chi connectivity index (χ1) is 13.9. The number of aromatic amines is 1. The number of aromatic nitrogens is 2. The Balaban J connectivity index is 1.29. The van der Waals surface area contributed by atoms with Gasteiger partial charge in [-0.15, -0.1) is 0 Å². The second kappa shape index (κ2) is 8.06. The van der Waals surface area contributed by atoms with E-state index in [-0.39, 0.29) is 0 Å². The zero-order chi connectivity index (χ0) is 18.8. The van der Waals surface area contributed by atoms with Gasteiger partial charge in [0.05, 0.1) is 11.9 Å². The van der Waals surface area contributed by atoms with Gasteiger partial charge in [0, 0.05) is 23.7 Å². The van der Waals surface area contributed by atoms with E-state index in [1.165, 1.54) is 67.1 Å². The monoisotopic (exact) mass is 374 g/mol. The molecule has 5 rings (SSSR count). The average molecular weight is 375 g/mol. The minimum Gasteiger partial charge on any atom is -0.312 e. The lowest BCUT2D eigenvalue weighted by Gasteiger charge is -2.44. The van der Waals surface area contributed by atoms with Gasteiger partial charge in [0.1, 0.15) is 0 Å². The van der Waals surface area contributed by atoms with Gasteiger partial charge in [-0.2, -0.15) is 5.10 Å². The molecule has 3 aromatic rings. The standard InChI is InChI=1S/C24H30N4/c1-2-10-21-18(7-1)8-5-11-22(21)24-20(17-26-27-24)16-25-15-19-9-6-14-28-13-4-3-12-23(19)28/h1-2,5,7-8,10-11,17,19,23,25H,3-4,6,9,12-16H2,(H,26,27)/t19-,23+/m0/s1. The molecule has 0 amide bonds. The van der Waals surface area contributed by atoms with Gasteiger partial charge in [-0.1, -0.05) is 48.9 Å². The van der Waals surface area contributed by atoms with Crippen molar-refractivity contribution in [2.75, 3.05) is 19.6 Å². The van der Waals surface area contributed by atoms with Gasteiger partial charge in [-0.3, -0.25) is 5.10 Å². The minimum absolute atomic E-state index is 0.793. The second-order valence-electron chi connectivity index (χ2n) is 8.43. The maximum Gasteiger partial charge on any atom is 0.0701 e. The van der Waals surface area contributed by atoms with E-state index in [1.807, 2.05) is 6.20 Å². The van der Waals surface area contributed by atoms with Crippen LogP contribution in [0.5, 0.6) is 0 Å². The molecule has 2 fully saturated rings. The van der Waals surface area contributed by atoms with Crippen molar-refractivity contribution in [1.82, 2.24) is 20.4 Å². The number of hydrogen-bond donors (Lipinski definition) is 2. The fraction of sp³-hybridized carbons (Fsp3) is 0.458. The van der Waals surface area contributed by atoms with E-state index in [0.717, 1.165) is 30.7 Å². The van der Waals surface area contributed by atoms with Crippen molar-refractivity contribution in [1.29, 1.82) is 0 Å². The summed E-state index contributed by atoms with van der Waals surface area (Å²) in [5, 5.41) is 13.9. The zero-order valence-corrected chi connectivity index (χ0v) is 16.5. The molecule has 1 aromatic heterocycles. The van der Waals surface area contributed by atoms with Crippen molar-refractivity contribution in [3.63, 3.8) is 0 Å². The van der Waals surface area contributed by atoms with Gasteiger partial charge in [0.2, 0.25) is 0 Å². The Morgan fingerprint density at radius 2 is 1.89 bits per heavy atom. The van der Waals surface area contributed by atoms with Gasteiger partial charge in [0.15, 0.2) is 0 Å². The molecule has 2 aliphatic heterocycles. The summed E-state index contributed by atoms with van der Waals surface area (Å²) in [5.74, 6) is 0.793. The number of nitrogens with one attached hydrogen (secondary N) is 2. The van der Waals surface area contributed by atoms with Crippen LogP contribution in [0.4, 0.5) is 0 Å². The third-order valence-electron chi connectivity index (χ3n) is 6.73. The molecule has 2 aromatic carbocycles. The molecule has 0 bridgehead atoms. The first kappa shape index (κ1) is 17.9. The molecular formula is C24H30N4. The van der Waals surface area contributed by atoms with Crippen molar-refractivity contribution < 1.29 is 0 Å². The van der Waals surface area contributed by atoms with Crippen LogP contribution in [0.25, 0.3) is 22.0 Å². The van der Waals surface area contributed by atoms with Crippen molar-refractivity contribution in [3.05, 3.63) is 54.2 Å². The number of benzene rings is 2. The molecule has 2 saturated heterocycles. The lowest BCUT2D eigenvalue weighted by atomic mass is 9.83. The number of piperidine rings is 2. The van der Waals surface area contributed by atoms with Gasteiger partial charge < -0.3 is 10.2 Å². The predicted octanol–water partition coefficient (Wildman–Crippen LogP) is 4.58. The van der Waals surface area contributed by atoms with Crippen LogP contribution in [0.1, 0.15) is 37.7 Å². The lowest BCUT2D eigenvalue weighted by molar-refractivity contribution is 0.0593. The van der Waals surface area contributed by atoms with Crippen molar-refractivity contribution in [2.24, 2.45) is 5.92 Å². The Morgan fingerprint density at radius 1 is 1.00 bits per heavy atom. The normalized spacial score (nSPS) is 23.0. The average Bonchev–Trinajstić information content (AvgIpc) is 3.22.